The van der Waals surface area contributed by atoms with Gasteiger partial charge in [0, 0.05) is 13.2 Å². The highest BCUT2D eigenvalue weighted by molar-refractivity contribution is 4.48. The summed E-state index contributed by atoms with van der Waals surface area (Å²) in [4.78, 5) is 0. The van der Waals surface area contributed by atoms with E-state index in [0.717, 1.165) is 25.0 Å². The summed E-state index contributed by atoms with van der Waals surface area (Å²) in [7, 11) is 0. The number of ether oxygens (including phenoxy) is 1. The topological polar surface area (TPSA) is 9.23 Å². The van der Waals surface area contributed by atoms with E-state index in [4.69, 9.17) is 4.74 Å². The van der Waals surface area contributed by atoms with Crippen LogP contribution in [0.5, 0.6) is 0 Å². The zero-order valence-electron chi connectivity index (χ0n) is 9.10. The molecule has 0 saturated heterocycles. The van der Waals surface area contributed by atoms with Gasteiger partial charge < -0.3 is 4.74 Å². The smallest absolute Gasteiger partial charge is 0.0491 e. The Kier molecular flexibility index (Phi) is 7.58. The number of rotatable bonds is 7. The SMILES string of the molecule is CCC(C)COCCCC(C)C. The first-order valence-electron chi connectivity index (χ1n) is 5.24. The van der Waals surface area contributed by atoms with Crippen molar-refractivity contribution >= 4 is 0 Å². The zero-order chi connectivity index (χ0) is 9.40. The van der Waals surface area contributed by atoms with Gasteiger partial charge in [0.1, 0.15) is 0 Å². The second-order valence-corrected chi connectivity index (χ2v) is 4.12. The van der Waals surface area contributed by atoms with Crippen LogP contribution in [0.4, 0.5) is 0 Å². The summed E-state index contributed by atoms with van der Waals surface area (Å²) in [6.07, 6.45) is 3.73. The van der Waals surface area contributed by atoms with Crippen LogP contribution in [0.2, 0.25) is 0 Å². The second kappa shape index (κ2) is 7.60. The van der Waals surface area contributed by atoms with Crippen LogP contribution >= 0.6 is 0 Å². The quantitative estimate of drug-likeness (QED) is 0.534. The van der Waals surface area contributed by atoms with Gasteiger partial charge in [-0.15, -0.1) is 0 Å². The van der Waals surface area contributed by atoms with Crippen molar-refractivity contribution in [3.63, 3.8) is 0 Å². The van der Waals surface area contributed by atoms with Gasteiger partial charge in [-0.05, 0) is 24.7 Å². The van der Waals surface area contributed by atoms with Crippen LogP contribution in [0.25, 0.3) is 0 Å². The molecule has 74 valence electrons. The molecule has 0 fully saturated rings. The van der Waals surface area contributed by atoms with Gasteiger partial charge in [0.15, 0.2) is 0 Å². The number of hydrogen-bond acceptors (Lipinski definition) is 1. The van der Waals surface area contributed by atoms with Crippen LogP contribution in [0.1, 0.15) is 47.0 Å². The van der Waals surface area contributed by atoms with Gasteiger partial charge in [-0.3, -0.25) is 0 Å². The maximum Gasteiger partial charge on any atom is 0.0491 e. The zero-order valence-corrected chi connectivity index (χ0v) is 9.10. The first kappa shape index (κ1) is 12.0. The van der Waals surface area contributed by atoms with Crippen LogP contribution < -0.4 is 0 Å². The first-order chi connectivity index (χ1) is 5.66. The molecule has 0 aliphatic carbocycles. The van der Waals surface area contributed by atoms with Gasteiger partial charge in [0.05, 0.1) is 0 Å². The maximum absolute atomic E-state index is 5.54. The molecule has 0 N–H and O–H groups in total. The van der Waals surface area contributed by atoms with E-state index in [0.29, 0.717) is 0 Å². The third-order valence-electron chi connectivity index (χ3n) is 2.17. The van der Waals surface area contributed by atoms with Crippen LogP contribution in [-0.2, 0) is 4.74 Å². The van der Waals surface area contributed by atoms with Gasteiger partial charge in [-0.25, -0.2) is 0 Å². The lowest BCUT2D eigenvalue weighted by atomic mass is 10.1. The fourth-order valence-electron chi connectivity index (χ4n) is 0.996. The predicted octanol–water partition coefficient (Wildman–Crippen LogP) is 3.49. The molecule has 0 aromatic rings. The molecule has 1 unspecified atom stereocenters. The van der Waals surface area contributed by atoms with Gasteiger partial charge in [0.25, 0.3) is 0 Å². The van der Waals surface area contributed by atoms with Gasteiger partial charge in [-0.1, -0.05) is 34.1 Å². The van der Waals surface area contributed by atoms with Crippen LogP contribution in [0, 0.1) is 11.8 Å². The lowest BCUT2D eigenvalue weighted by Crippen LogP contribution is -2.06. The van der Waals surface area contributed by atoms with Crippen molar-refractivity contribution in [3.8, 4) is 0 Å². The molecular formula is C11H24O. The third-order valence-corrected chi connectivity index (χ3v) is 2.17. The van der Waals surface area contributed by atoms with Crippen molar-refractivity contribution in [3.05, 3.63) is 0 Å². The Morgan fingerprint density at radius 2 is 1.83 bits per heavy atom. The molecule has 0 bridgehead atoms. The standard InChI is InChI=1S/C11H24O/c1-5-11(4)9-12-8-6-7-10(2)3/h10-11H,5-9H2,1-4H3. The normalized spacial score (nSPS) is 13.8. The van der Waals surface area contributed by atoms with Crippen molar-refractivity contribution in [1.82, 2.24) is 0 Å². The average Bonchev–Trinajstić information content (AvgIpc) is 2.03. The van der Waals surface area contributed by atoms with Gasteiger partial charge in [0.2, 0.25) is 0 Å². The molecule has 0 radical (unpaired) electrons. The summed E-state index contributed by atoms with van der Waals surface area (Å²) in [5, 5.41) is 0. The summed E-state index contributed by atoms with van der Waals surface area (Å²) in [5.74, 6) is 1.54. The maximum atomic E-state index is 5.54. The van der Waals surface area contributed by atoms with Crippen molar-refractivity contribution in [2.75, 3.05) is 13.2 Å². The molecule has 0 amide bonds. The minimum absolute atomic E-state index is 0.726. The highest BCUT2D eigenvalue weighted by atomic mass is 16.5. The summed E-state index contributed by atoms with van der Waals surface area (Å²) in [5.41, 5.74) is 0. The molecule has 1 heteroatoms. The molecule has 0 rings (SSSR count). The Morgan fingerprint density at radius 1 is 1.17 bits per heavy atom. The molecular weight excluding hydrogens is 148 g/mol. The second-order valence-electron chi connectivity index (χ2n) is 4.12. The van der Waals surface area contributed by atoms with Crippen LogP contribution in [-0.4, -0.2) is 13.2 Å². The van der Waals surface area contributed by atoms with Crippen molar-refractivity contribution < 1.29 is 4.74 Å². The van der Waals surface area contributed by atoms with E-state index in [1.165, 1.54) is 19.3 Å². The van der Waals surface area contributed by atoms with E-state index in [9.17, 15) is 0 Å². The van der Waals surface area contributed by atoms with Crippen molar-refractivity contribution in [2.45, 2.75) is 47.0 Å². The van der Waals surface area contributed by atoms with Crippen molar-refractivity contribution in [1.29, 1.82) is 0 Å². The molecule has 0 spiro atoms. The summed E-state index contributed by atoms with van der Waals surface area (Å²) < 4.78 is 5.54. The monoisotopic (exact) mass is 172 g/mol. The van der Waals surface area contributed by atoms with Gasteiger partial charge in [-0.2, -0.15) is 0 Å². The average molecular weight is 172 g/mol. The van der Waals surface area contributed by atoms with E-state index in [1.54, 1.807) is 0 Å². The van der Waals surface area contributed by atoms with Crippen molar-refractivity contribution in [2.24, 2.45) is 11.8 Å². The van der Waals surface area contributed by atoms with E-state index in [-0.39, 0.29) is 0 Å². The molecule has 0 aliphatic heterocycles. The van der Waals surface area contributed by atoms with E-state index in [1.807, 2.05) is 0 Å². The first-order valence-corrected chi connectivity index (χ1v) is 5.24. The fraction of sp³-hybridized carbons (Fsp3) is 1.00. The molecule has 1 nitrogen and oxygen atoms in total. The highest BCUT2D eigenvalue weighted by Crippen LogP contribution is 2.05. The predicted molar refractivity (Wildman–Crippen MR) is 54.3 cm³/mol. The van der Waals surface area contributed by atoms with Gasteiger partial charge >= 0.3 is 0 Å². The lowest BCUT2D eigenvalue weighted by molar-refractivity contribution is 0.0985. The minimum Gasteiger partial charge on any atom is -0.381 e. The molecule has 0 aliphatic rings. The van der Waals surface area contributed by atoms with E-state index < -0.39 is 0 Å². The third kappa shape index (κ3) is 8.06. The Balaban J connectivity index is 3.00. The summed E-state index contributed by atoms with van der Waals surface area (Å²) >= 11 is 0. The van der Waals surface area contributed by atoms with Crippen LogP contribution in [0.15, 0.2) is 0 Å². The molecule has 1 atom stereocenters. The fourth-order valence-corrected chi connectivity index (χ4v) is 0.996. The molecule has 0 aromatic heterocycles. The summed E-state index contributed by atoms with van der Waals surface area (Å²) in [6.45, 7) is 10.9. The minimum atomic E-state index is 0.726. The highest BCUT2D eigenvalue weighted by Gasteiger charge is 1.98. The lowest BCUT2D eigenvalue weighted by Gasteiger charge is -2.09. The summed E-state index contributed by atoms with van der Waals surface area (Å²) in [6, 6.07) is 0. The molecule has 0 heterocycles. The van der Waals surface area contributed by atoms with E-state index >= 15 is 0 Å². The Morgan fingerprint density at radius 3 is 2.33 bits per heavy atom. The van der Waals surface area contributed by atoms with Crippen LogP contribution in [0.3, 0.4) is 0 Å². The molecule has 12 heavy (non-hydrogen) atoms. The number of hydrogen-bond donors (Lipinski definition) is 0. The Hall–Kier alpha value is -0.0400. The molecule has 0 aromatic carbocycles. The Bertz CT molecular complexity index is 89.0. The largest absolute Gasteiger partial charge is 0.381 e. The Labute approximate surface area is 77.5 Å². The molecule has 0 saturated carbocycles. The van der Waals surface area contributed by atoms with E-state index in [2.05, 4.69) is 27.7 Å².